The van der Waals surface area contributed by atoms with Crippen LogP contribution in [0.3, 0.4) is 0 Å². The van der Waals surface area contributed by atoms with Crippen LogP contribution in [-0.4, -0.2) is 24.0 Å². The van der Waals surface area contributed by atoms with Crippen molar-refractivity contribution >= 4 is 16.9 Å². The second-order valence-electron chi connectivity index (χ2n) is 9.50. The van der Waals surface area contributed by atoms with Gasteiger partial charge in [0.25, 0.3) is 5.91 Å². The first-order valence-electron chi connectivity index (χ1n) is 12.7. The van der Waals surface area contributed by atoms with Gasteiger partial charge in [0.1, 0.15) is 5.58 Å². The van der Waals surface area contributed by atoms with Crippen LogP contribution in [0.25, 0.3) is 11.0 Å². The molecule has 5 rings (SSSR count). The summed E-state index contributed by atoms with van der Waals surface area (Å²) >= 11 is 0. The summed E-state index contributed by atoms with van der Waals surface area (Å²) in [7, 11) is 0. The minimum Gasteiger partial charge on any atom is -0.490 e. The third-order valence-corrected chi connectivity index (χ3v) is 6.94. The molecule has 0 saturated heterocycles. The predicted molar refractivity (Wildman–Crippen MR) is 144 cm³/mol. The van der Waals surface area contributed by atoms with Gasteiger partial charge in [-0.3, -0.25) is 9.59 Å². The molecule has 1 aromatic heterocycles. The van der Waals surface area contributed by atoms with E-state index in [0.717, 1.165) is 27.8 Å². The third-order valence-electron chi connectivity index (χ3n) is 6.94. The number of benzene rings is 3. The average Bonchev–Trinajstić information content (AvgIpc) is 3.15. The first-order chi connectivity index (χ1) is 17.8. The van der Waals surface area contributed by atoms with Crippen molar-refractivity contribution in [3.8, 4) is 11.5 Å². The Hall–Kier alpha value is -4.06. The molecule has 37 heavy (non-hydrogen) atoms. The van der Waals surface area contributed by atoms with Crippen molar-refractivity contribution in [2.45, 2.75) is 47.2 Å². The first kappa shape index (κ1) is 24.6. The van der Waals surface area contributed by atoms with Gasteiger partial charge in [-0.05, 0) is 81.1 Å². The molecular formula is C31H31NO5. The zero-order valence-corrected chi connectivity index (χ0v) is 21.9. The molecule has 1 amide bonds. The van der Waals surface area contributed by atoms with E-state index in [0.29, 0.717) is 47.8 Å². The van der Waals surface area contributed by atoms with E-state index < -0.39 is 6.04 Å². The lowest BCUT2D eigenvalue weighted by Gasteiger charge is -2.26. The monoisotopic (exact) mass is 497 g/mol. The normalized spacial score (nSPS) is 14.8. The minimum absolute atomic E-state index is 0.102. The molecule has 6 heteroatoms. The molecule has 3 aromatic carbocycles. The lowest BCUT2D eigenvalue weighted by Crippen LogP contribution is -2.29. The molecule has 1 unspecified atom stereocenters. The summed E-state index contributed by atoms with van der Waals surface area (Å²) in [6.07, 6.45) is 0. The van der Waals surface area contributed by atoms with Crippen LogP contribution >= 0.6 is 0 Å². The van der Waals surface area contributed by atoms with E-state index >= 15 is 0 Å². The van der Waals surface area contributed by atoms with Crippen LogP contribution in [0.2, 0.25) is 0 Å². The fourth-order valence-electron chi connectivity index (χ4n) is 4.91. The molecule has 0 N–H and O–H groups in total. The maximum atomic E-state index is 13.9. The number of nitrogens with zero attached hydrogens (tertiary/aromatic N) is 1. The largest absolute Gasteiger partial charge is 0.490 e. The summed E-state index contributed by atoms with van der Waals surface area (Å²) in [4.78, 5) is 29.5. The Morgan fingerprint density at radius 2 is 1.51 bits per heavy atom. The number of carbonyl (C=O) groups excluding carboxylic acids is 1. The Bertz CT molecular complexity index is 1550. The molecule has 6 nitrogen and oxygen atoms in total. The molecule has 2 heterocycles. The number of amides is 1. The van der Waals surface area contributed by atoms with Gasteiger partial charge in [-0.2, -0.15) is 0 Å². The van der Waals surface area contributed by atoms with Crippen LogP contribution in [0.1, 0.15) is 63.8 Å². The van der Waals surface area contributed by atoms with Gasteiger partial charge in [-0.25, -0.2) is 0 Å². The van der Waals surface area contributed by atoms with Crippen LogP contribution in [0.15, 0.2) is 63.8 Å². The zero-order valence-electron chi connectivity index (χ0n) is 21.9. The van der Waals surface area contributed by atoms with Gasteiger partial charge >= 0.3 is 0 Å². The number of hydrogen-bond donors (Lipinski definition) is 0. The Morgan fingerprint density at radius 3 is 2.22 bits per heavy atom. The van der Waals surface area contributed by atoms with Crippen molar-refractivity contribution < 1.29 is 18.7 Å². The van der Waals surface area contributed by atoms with Gasteiger partial charge in [0, 0.05) is 6.54 Å². The highest BCUT2D eigenvalue weighted by Gasteiger charge is 2.43. The highest BCUT2D eigenvalue weighted by Crippen LogP contribution is 2.42. The molecule has 4 aromatic rings. The third kappa shape index (κ3) is 4.37. The zero-order chi connectivity index (χ0) is 26.3. The number of rotatable bonds is 7. The maximum Gasteiger partial charge on any atom is 0.291 e. The van der Waals surface area contributed by atoms with Crippen LogP contribution < -0.4 is 14.9 Å². The summed E-state index contributed by atoms with van der Waals surface area (Å²) in [5.74, 6) is 1.00. The van der Waals surface area contributed by atoms with Crippen molar-refractivity contribution in [3.63, 3.8) is 0 Å². The molecule has 1 aliphatic rings. The number of ether oxygens (including phenoxy) is 2. The summed E-state index contributed by atoms with van der Waals surface area (Å²) in [6.45, 7) is 11.1. The van der Waals surface area contributed by atoms with Crippen molar-refractivity contribution in [2.24, 2.45) is 0 Å². The van der Waals surface area contributed by atoms with E-state index in [-0.39, 0.29) is 17.1 Å². The topological polar surface area (TPSA) is 69.0 Å². The lowest BCUT2D eigenvalue weighted by atomic mass is 9.97. The standard InChI is InChI=1S/C31H31NO5/c1-6-35-24-13-12-22(16-26(24)36-7-2)28-27-29(33)23-14-19(4)20(5)15-25(23)37-30(27)31(34)32(28)17-21-10-8-18(3)9-11-21/h8-16,28H,6-7,17H2,1-5H3. The SMILES string of the molecule is CCOc1ccc(C2c3c(oc4cc(C)c(C)cc4c3=O)C(=O)N2Cc2ccc(C)cc2)cc1OCC. The van der Waals surface area contributed by atoms with Gasteiger partial charge in [0.05, 0.1) is 30.2 Å². The van der Waals surface area contributed by atoms with Crippen LogP contribution in [0, 0.1) is 20.8 Å². The van der Waals surface area contributed by atoms with E-state index in [2.05, 4.69) is 0 Å². The van der Waals surface area contributed by atoms with Gasteiger partial charge in [-0.1, -0.05) is 35.9 Å². The second kappa shape index (κ2) is 9.77. The van der Waals surface area contributed by atoms with Gasteiger partial charge in [-0.15, -0.1) is 0 Å². The predicted octanol–water partition coefficient (Wildman–Crippen LogP) is 6.26. The number of aryl methyl sites for hydroxylation is 3. The molecule has 0 radical (unpaired) electrons. The Morgan fingerprint density at radius 1 is 0.838 bits per heavy atom. The molecule has 190 valence electrons. The molecule has 1 atom stereocenters. The van der Waals surface area contributed by atoms with Crippen molar-refractivity contribution in [2.75, 3.05) is 13.2 Å². The molecule has 0 bridgehead atoms. The highest BCUT2D eigenvalue weighted by molar-refractivity contribution is 5.99. The smallest absolute Gasteiger partial charge is 0.291 e. The number of hydrogen-bond acceptors (Lipinski definition) is 5. The van der Waals surface area contributed by atoms with Crippen molar-refractivity contribution in [3.05, 3.63) is 104 Å². The maximum absolute atomic E-state index is 13.9. The molecular weight excluding hydrogens is 466 g/mol. The molecule has 0 saturated carbocycles. The quantitative estimate of drug-likeness (QED) is 0.301. The van der Waals surface area contributed by atoms with Gasteiger partial charge < -0.3 is 18.8 Å². The molecule has 0 spiro atoms. The fraction of sp³-hybridized carbons (Fsp3) is 0.290. The van der Waals surface area contributed by atoms with E-state index in [1.807, 2.05) is 89.2 Å². The number of fused-ring (bicyclic) bond motifs is 2. The summed E-state index contributed by atoms with van der Waals surface area (Å²) in [5, 5.41) is 0.479. The highest BCUT2D eigenvalue weighted by atomic mass is 16.5. The fourth-order valence-corrected chi connectivity index (χ4v) is 4.91. The van der Waals surface area contributed by atoms with Crippen molar-refractivity contribution in [1.82, 2.24) is 4.90 Å². The Kier molecular flexibility index (Phi) is 6.50. The lowest BCUT2D eigenvalue weighted by molar-refractivity contribution is 0.0714. The second-order valence-corrected chi connectivity index (χ2v) is 9.50. The average molecular weight is 498 g/mol. The molecule has 0 aliphatic carbocycles. The summed E-state index contributed by atoms with van der Waals surface area (Å²) < 4.78 is 17.8. The van der Waals surface area contributed by atoms with Crippen molar-refractivity contribution in [1.29, 1.82) is 0 Å². The first-order valence-corrected chi connectivity index (χ1v) is 12.7. The van der Waals surface area contributed by atoms with Crippen LogP contribution in [0.4, 0.5) is 0 Å². The van der Waals surface area contributed by atoms with Crippen LogP contribution in [0.5, 0.6) is 11.5 Å². The van der Waals surface area contributed by atoms with Gasteiger partial charge in [0.15, 0.2) is 16.9 Å². The number of carbonyl (C=O) groups is 1. The summed E-state index contributed by atoms with van der Waals surface area (Å²) in [5.41, 5.74) is 5.48. The molecule has 1 aliphatic heterocycles. The summed E-state index contributed by atoms with van der Waals surface area (Å²) in [6, 6.07) is 16.7. The molecule has 0 fully saturated rings. The van der Waals surface area contributed by atoms with E-state index in [4.69, 9.17) is 13.9 Å². The Balaban J connectivity index is 1.72. The van der Waals surface area contributed by atoms with E-state index in [9.17, 15) is 9.59 Å². The Labute approximate surface area is 216 Å². The van der Waals surface area contributed by atoms with Gasteiger partial charge in [0.2, 0.25) is 5.76 Å². The minimum atomic E-state index is -0.624. The van der Waals surface area contributed by atoms with Crippen LogP contribution in [-0.2, 0) is 6.54 Å². The van der Waals surface area contributed by atoms with E-state index in [1.165, 1.54) is 0 Å². The van der Waals surface area contributed by atoms with E-state index in [1.54, 1.807) is 4.90 Å².